The van der Waals surface area contributed by atoms with Gasteiger partial charge in [-0.05, 0) is 57.1 Å². The first kappa shape index (κ1) is 28.7. The van der Waals surface area contributed by atoms with E-state index in [0.717, 1.165) is 25.7 Å². The summed E-state index contributed by atoms with van der Waals surface area (Å²) >= 11 is 0. The number of aromatic nitrogens is 1. The molecule has 1 unspecified atom stereocenters. The molecule has 2 heterocycles. The van der Waals surface area contributed by atoms with E-state index in [2.05, 4.69) is 15.6 Å². The number of hydrogen-bond donors (Lipinski definition) is 2. The number of Topliss-reactive ketones (excluding diaryl/α,β-unsaturated/α-hetero) is 1. The van der Waals surface area contributed by atoms with Crippen LogP contribution in [-0.2, 0) is 24.4 Å². The van der Waals surface area contributed by atoms with Crippen molar-refractivity contribution in [1.29, 1.82) is 0 Å². The fraction of sp³-hybridized carbons (Fsp3) is 0.714. The summed E-state index contributed by atoms with van der Waals surface area (Å²) < 4.78 is 27.6. The van der Waals surface area contributed by atoms with Crippen LogP contribution in [0.5, 0.6) is 0 Å². The zero-order valence-electron chi connectivity index (χ0n) is 22.5. The Bertz CT molecular complexity index is 1080. The number of nitrogens with one attached hydrogen (secondary N) is 2. The lowest BCUT2D eigenvalue weighted by atomic mass is 9.80. The Kier molecular flexibility index (Phi) is 9.57. The largest absolute Gasteiger partial charge is 0.344 e. The highest BCUT2D eigenvalue weighted by Crippen LogP contribution is 2.31. The predicted molar refractivity (Wildman–Crippen MR) is 144 cm³/mol. The summed E-state index contributed by atoms with van der Waals surface area (Å²) in [4.78, 5) is 43.8. The van der Waals surface area contributed by atoms with Gasteiger partial charge in [-0.15, -0.1) is 0 Å². The van der Waals surface area contributed by atoms with Crippen LogP contribution in [0.1, 0.15) is 96.8 Å². The third-order valence-electron chi connectivity index (χ3n) is 8.61. The lowest BCUT2D eigenvalue weighted by molar-refractivity contribution is -0.137. The number of ketones is 1. The molecule has 3 aliphatic rings. The van der Waals surface area contributed by atoms with Crippen molar-refractivity contribution in [3.63, 3.8) is 0 Å². The van der Waals surface area contributed by atoms with Gasteiger partial charge in [0.25, 0.3) is 10.0 Å². The van der Waals surface area contributed by atoms with E-state index in [9.17, 15) is 22.8 Å². The summed E-state index contributed by atoms with van der Waals surface area (Å²) in [5.74, 6) is -0.186. The second-order valence-corrected chi connectivity index (χ2v) is 13.2. The van der Waals surface area contributed by atoms with E-state index < -0.39 is 27.6 Å². The first-order chi connectivity index (χ1) is 18.2. The maximum absolute atomic E-state index is 13.6. The number of sulfonamides is 1. The van der Waals surface area contributed by atoms with Crippen LogP contribution in [-0.4, -0.2) is 59.5 Å². The van der Waals surface area contributed by atoms with Gasteiger partial charge >= 0.3 is 0 Å². The van der Waals surface area contributed by atoms with Crippen LogP contribution in [0.4, 0.5) is 0 Å². The molecule has 1 aliphatic heterocycles. The molecule has 2 N–H and O–H groups in total. The predicted octanol–water partition coefficient (Wildman–Crippen LogP) is 3.49. The van der Waals surface area contributed by atoms with Crippen molar-refractivity contribution in [2.24, 2.45) is 5.92 Å². The van der Waals surface area contributed by atoms with Gasteiger partial charge in [0.05, 0.1) is 12.6 Å². The number of amides is 2. The van der Waals surface area contributed by atoms with E-state index in [1.54, 1.807) is 19.1 Å². The van der Waals surface area contributed by atoms with Crippen molar-refractivity contribution in [3.05, 3.63) is 24.4 Å². The molecule has 210 valence electrons. The van der Waals surface area contributed by atoms with E-state index in [4.69, 9.17) is 0 Å². The van der Waals surface area contributed by atoms with Gasteiger partial charge in [-0.3, -0.25) is 14.4 Å². The third kappa shape index (κ3) is 6.81. The fourth-order valence-corrected chi connectivity index (χ4v) is 7.79. The molecule has 2 saturated carbocycles. The number of pyridine rings is 1. The van der Waals surface area contributed by atoms with Crippen LogP contribution in [0.25, 0.3) is 0 Å². The fourth-order valence-electron chi connectivity index (χ4n) is 6.23. The van der Waals surface area contributed by atoms with Gasteiger partial charge in [-0.1, -0.05) is 57.4 Å². The quantitative estimate of drug-likeness (QED) is 0.514. The summed E-state index contributed by atoms with van der Waals surface area (Å²) in [6.07, 6.45) is 13.3. The molecule has 10 heteroatoms. The summed E-state index contributed by atoms with van der Waals surface area (Å²) in [6.45, 7) is 1.44. The molecule has 0 bridgehead atoms. The Hall–Kier alpha value is -2.33. The van der Waals surface area contributed by atoms with E-state index in [-0.39, 0.29) is 29.2 Å². The van der Waals surface area contributed by atoms with Gasteiger partial charge in [0, 0.05) is 18.7 Å². The summed E-state index contributed by atoms with van der Waals surface area (Å²) in [6, 6.07) is 3.43. The molecule has 1 aromatic rings. The normalized spacial score (nSPS) is 25.3. The van der Waals surface area contributed by atoms with Crippen molar-refractivity contribution in [2.75, 3.05) is 6.54 Å². The van der Waals surface area contributed by atoms with Gasteiger partial charge in [0.2, 0.25) is 11.8 Å². The van der Waals surface area contributed by atoms with E-state index in [1.165, 1.54) is 48.7 Å². The minimum absolute atomic E-state index is 0.0962. The van der Waals surface area contributed by atoms with Crippen LogP contribution >= 0.6 is 0 Å². The van der Waals surface area contributed by atoms with Crippen molar-refractivity contribution >= 4 is 27.6 Å². The monoisotopic (exact) mass is 546 g/mol. The highest BCUT2D eigenvalue weighted by atomic mass is 32.2. The van der Waals surface area contributed by atoms with E-state index >= 15 is 0 Å². The Labute approximate surface area is 226 Å². The molecule has 2 aliphatic carbocycles. The van der Waals surface area contributed by atoms with Crippen LogP contribution in [0.15, 0.2) is 29.4 Å². The smallest absolute Gasteiger partial charge is 0.261 e. The second-order valence-electron chi connectivity index (χ2n) is 11.4. The molecule has 3 fully saturated rings. The Morgan fingerprint density at radius 1 is 1.03 bits per heavy atom. The minimum Gasteiger partial charge on any atom is -0.344 e. The molecule has 38 heavy (non-hydrogen) atoms. The van der Waals surface area contributed by atoms with Gasteiger partial charge in [0.15, 0.2) is 10.8 Å². The minimum atomic E-state index is -3.95. The molecule has 0 radical (unpaired) electrons. The molecule has 1 aromatic heterocycles. The second kappa shape index (κ2) is 12.7. The van der Waals surface area contributed by atoms with Crippen LogP contribution in [0.3, 0.4) is 0 Å². The zero-order chi connectivity index (χ0) is 27.2. The molecular weight excluding hydrogens is 504 g/mol. The average Bonchev–Trinajstić information content (AvgIpc) is 3.07. The maximum atomic E-state index is 13.6. The average molecular weight is 547 g/mol. The SMILES string of the molecule is CC1CC[C@H](NC(=O)C2(NC(=O)CCC3CCCCC3)CCCCC2)C(=O)CN1S(=O)(=O)c1ccccn1. The van der Waals surface area contributed by atoms with Crippen LogP contribution < -0.4 is 10.6 Å². The van der Waals surface area contributed by atoms with Crippen molar-refractivity contribution in [1.82, 2.24) is 19.9 Å². The Balaban J connectivity index is 1.41. The van der Waals surface area contributed by atoms with Crippen molar-refractivity contribution in [3.8, 4) is 0 Å². The first-order valence-electron chi connectivity index (χ1n) is 14.3. The van der Waals surface area contributed by atoms with Crippen molar-refractivity contribution in [2.45, 2.75) is 119 Å². The standard InChI is InChI=1S/C28H42N4O5S/c1-21-13-15-23(24(33)20-32(21)38(36,37)26-12-6-9-19-29-26)30-27(35)28(17-7-3-8-18-28)31-25(34)16-14-22-10-4-2-5-11-22/h6,9,12,19,21-23H,2-5,7-8,10-11,13-18,20H2,1H3,(H,30,35)(H,31,34)/t21?,23-/m0/s1. The summed E-state index contributed by atoms with van der Waals surface area (Å²) in [7, 11) is -3.95. The van der Waals surface area contributed by atoms with Crippen LogP contribution in [0.2, 0.25) is 0 Å². The molecule has 1 saturated heterocycles. The van der Waals surface area contributed by atoms with Gasteiger partial charge in [0.1, 0.15) is 5.54 Å². The van der Waals surface area contributed by atoms with E-state index in [1.807, 2.05) is 0 Å². The number of carbonyl (C=O) groups is 3. The maximum Gasteiger partial charge on any atom is 0.261 e. The molecule has 9 nitrogen and oxygen atoms in total. The molecule has 2 atom stereocenters. The lowest BCUT2D eigenvalue weighted by Gasteiger charge is -2.37. The Morgan fingerprint density at radius 3 is 2.42 bits per heavy atom. The molecule has 4 rings (SSSR count). The number of hydrogen-bond acceptors (Lipinski definition) is 6. The van der Waals surface area contributed by atoms with Gasteiger partial charge in [-0.25, -0.2) is 13.4 Å². The number of rotatable bonds is 8. The molecule has 0 spiro atoms. The first-order valence-corrected chi connectivity index (χ1v) is 15.7. The number of carbonyl (C=O) groups excluding carboxylic acids is 3. The Morgan fingerprint density at radius 2 is 1.74 bits per heavy atom. The number of nitrogens with zero attached hydrogens (tertiary/aromatic N) is 2. The molecular formula is C28H42N4O5S. The molecule has 0 aromatic carbocycles. The topological polar surface area (TPSA) is 126 Å². The highest BCUT2D eigenvalue weighted by Gasteiger charge is 2.43. The molecule has 2 amide bonds. The van der Waals surface area contributed by atoms with Crippen molar-refractivity contribution < 1.29 is 22.8 Å². The zero-order valence-corrected chi connectivity index (χ0v) is 23.3. The van der Waals surface area contributed by atoms with Gasteiger partial charge < -0.3 is 10.6 Å². The summed E-state index contributed by atoms with van der Waals surface area (Å²) in [5, 5.41) is 5.90. The van der Waals surface area contributed by atoms with E-state index in [0.29, 0.717) is 38.0 Å². The lowest BCUT2D eigenvalue weighted by Crippen LogP contribution is -2.62. The third-order valence-corrected chi connectivity index (χ3v) is 10.5. The van der Waals surface area contributed by atoms with Gasteiger partial charge in [-0.2, -0.15) is 4.31 Å². The van der Waals surface area contributed by atoms with Crippen LogP contribution in [0, 0.1) is 5.92 Å². The summed E-state index contributed by atoms with van der Waals surface area (Å²) in [5.41, 5.74) is -1.01. The highest BCUT2D eigenvalue weighted by molar-refractivity contribution is 7.89.